The summed E-state index contributed by atoms with van der Waals surface area (Å²) in [6.07, 6.45) is 5.47. The molecule has 4 rings (SSSR count). The van der Waals surface area contributed by atoms with E-state index in [4.69, 9.17) is 5.26 Å². The minimum Gasteiger partial charge on any atom is -0.271 e. The maximum Gasteiger partial charge on any atom is 0.139 e. The number of anilines is 1. The molecular formula is C18H15N5. The van der Waals surface area contributed by atoms with Crippen molar-refractivity contribution in [2.75, 3.05) is 5.01 Å². The first-order chi connectivity index (χ1) is 11.4. The highest BCUT2D eigenvalue weighted by Crippen LogP contribution is 2.38. The fourth-order valence-corrected chi connectivity index (χ4v) is 3.21. The molecule has 0 bridgehead atoms. The second-order valence-corrected chi connectivity index (χ2v) is 5.60. The Morgan fingerprint density at radius 1 is 1.00 bits per heavy atom. The predicted molar refractivity (Wildman–Crippen MR) is 86.6 cm³/mol. The Balaban J connectivity index is 1.81. The molecule has 112 valence electrons. The van der Waals surface area contributed by atoms with E-state index in [2.05, 4.69) is 45.5 Å². The third-order valence-electron chi connectivity index (χ3n) is 4.30. The zero-order valence-corrected chi connectivity index (χ0v) is 12.5. The quantitative estimate of drug-likeness (QED) is 0.730. The van der Waals surface area contributed by atoms with Gasteiger partial charge in [-0.1, -0.05) is 30.3 Å². The molecule has 0 spiro atoms. The van der Waals surface area contributed by atoms with Crippen molar-refractivity contribution < 1.29 is 0 Å². The first kappa shape index (κ1) is 13.5. The Kier molecular flexibility index (Phi) is 3.28. The Hall–Kier alpha value is -3.13. The summed E-state index contributed by atoms with van der Waals surface area (Å²) in [5, 5.41) is 19.1. The number of hydrogen-bond acceptors (Lipinski definition) is 4. The molecule has 1 aliphatic heterocycles. The van der Waals surface area contributed by atoms with Crippen molar-refractivity contribution in [2.45, 2.75) is 18.9 Å². The Morgan fingerprint density at radius 2 is 1.74 bits per heavy atom. The van der Waals surface area contributed by atoms with Crippen LogP contribution in [0.2, 0.25) is 0 Å². The van der Waals surface area contributed by atoms with E-state index < -0.39 is 0 Å². The van der Waals surface area contributed by atoms with E-state index in [0.717, 1.165) is 12.8 Å². The second-order valence-electron chi connectivity index (χ2n) is 5.60. The molecule has 0 saturated carbocycles. The molecule has 2 heterocycles. The van der Waals surface area contributed by atoms with Crippen LogP contribution in [0, 0.1) is 11.3 Å². The van der Waals surface area contributed by atoms with E-state index in [-0.39, 0.29) is 6.04 Å². The molecule has 0 saturated heterocycles. The predicted octanol–water partition coefficient (Wildman–Crippen LogP) is 3.11. The van der Waals surface area contributed by atoms with Gasteiger partial charge in [0, 0.05) is 0 Å². The summed E-state index contributed by atoms with van der Waals surface area (Å²) in [5.41, 5.74) is 4.37. The van der Waals surface area contributed by atoms with E-state index in [1.807, 2.05) is 28.9 Å². The summed E-state index contributed by atoms with van der Waals surface area (Å²) in [4.78, 5) is 0. The summed E-state index contributed by atoms with van der Waals surface area (Å²) < 4.78 is 1.93. The van der Waals surface area contributed by atoms with Crippen molar-refractivity contribution in [3.63, 3.8) is 0 Å². The van der Waals surface area contributed by atoms with Crippen LogP contribution in [-0.4, -0.2) is 14.9 Å². The van der Waals surface area contributed by atoms with Crippen LogP contribution in [-0.2, 0) is 6.42 Å². The average molecular weight is 301 g/mol. The third kappa shape index (κ3) is 2.34. The van der Waals surface area contributed by atoms with Gasteiger partial charge in [0.05, 0.1) is 23.4 Å². The lowest BCUT2D eigenvalue weighted by molar-refractivity contribution is 0.501. The smallest absolute Gasteiger partial charge is 0.139 e. The molecule has 23 heavy (non-hydrogen) atoms. The van der Waals surface area contributed by atoms with E-state index in [9.17, 15) is 0 Å². The van der Waals surface area contributed by atoms with Crippen LogP contribution in [0.5, 0.6) is 0 Å². The van der Waals surface area contributed by atoms with Gasteiger partial charge in [-0.15, -0.1) is 10.2 Å². The van der Waals surface area contributed by atoms with Crippen LogP contribution in [0.3, 0.4) is 0 Å². The molecule has 5 nitrogen and oxygen atoms in total. The van der Waals surface area contributed by atoms with Crippen molar-refractivity contribution in [2.24, 2.45) is 0 Å². The van der Waals surface area contributed by atoms with E-state index in [1.165, 1.54) is 16.8 Å². The van der Waals surface area contributed by atoms with Gasteiger partial charge in [0.1, 0.15) is 12.7 Å². The highest BCUT2D eigenvalue weighted by Gasteiger charge is 2.28. The van der Waals surface area contributed by atoms with Crippen molar-refractivity contribution >= 4 is 5.69 Å². The number of benzene rings is 2. The lowest BCUT2D eigenvalue weighted by atomic mass is 9.92. The number of nitrogens with zero attached hydrogens (tertiary/aromatic N) is 5. The van der Waals surface area contributed by atoms with Gasteiger partial charge in [0.15, 0.2) is 0 Å². The highest BCUT2D eigenvalue weighted by molar-refractivity contribution is 5.57. The van der Waals surface area contributed by atoms with Crippen molar-refractivity contribution in [3.05, 3.63) is 77.9 Å². The highest BCUT2D eigenvalue weighted by atomic mass is 15.6. The number of aryl methyl sites for hydroxylation is 1. The largest absolute Gasteiger partial charge is 0.271 e. The number of fused-ring (bicyclic) bond motifs is 1. The van der Waals surface area contributed by atoms with Crippen molar-refractivity contribution in [1.82, 2.24) is 14.9 Å². The fourth-order valence-electron chi connectivity index (χ4n) is 3.21. The van der Waals surface area contributed by atoms with E-state index in [0.29, 0.717) is 5.56 Å². The molecule has 3 aromatic rings. The number of hydrogen-bond donors (Lipinski definition) is 0. The minimum absolute atomic E-state index is 0.189. The molecule has 1 unspecified atom stereocenters. The standard InChI is InChI=1S/C18H15N5/c19-11-14-5-7-16(8-6-14)18-10-9-15-3-1-2-4-17(15)23(18)22-12-20-21-13-22/h1-8,12-13,18H,9-10H2. The number of rotatable bonds is 2. The molecule has 0 N–H and O–H groups in total. The minimum atomic E-state index is 0.189. The van der Waals surface area contributed by atoms with Gasteiger partial charge in [-0.25, -0.2) is 4.68 Å². The van der Waals surface area contributed by atoms with Gasteiger partial charge in [-0.05, 0) is 42.2 Å². The van der Waals surface area contributed by atoms with Gasteiger partial charge in [-0.2, -0.15) is 5.26 Å². The molecule has 1 aromatic heterocycles. The fraction of sp³-hybridized carbons (Fsp3) is 0.167. The average Bonchev–Trinajstić information content (AvgIpc) is 3.15. The lowest BCUT2D eigenvalue weighted by Gasteiger charge is -2.38. The van der Waals surface area contributed by atoms with Crippen LogP contribution in [0.15, 0.2) is 61.2 Å². The van der Waals surface area contributed by atoms with E-state index in [1.54, 1.807) is 12.7 Å². The van der Waals surface area contributed by atoms with Crippen molar-refractivity contribution in [3.8, 4) is 6.07 Å². The van der Waals surface area contributed by atoms with Gasteiger partial charge < -0.3 is 0 Å². The van der Waals surface area contributed by atoms with Gasteiger partial charge in [0.25, 0.3) is 0 Å². The molecule has 5 heteroatoms. The molecule has 1 aliphatic rings. The summed E-state index contributed by atoms with van der Waals surface area (Å²) in [5.74, 6) is 0. The molecule has 0 amide bonds. The van der Waals surface area contributed by atoms with Gasteiger partial charge in [-0.3, -0.25) is 5.01 Å². The first-order valence-corrected chi connectivity index (χ1v) is 7.59. The number of para-hydroxylation sites is 1. The SMILES string of the molecule is N#Cc1ccc(C2CCc3ccccc3N2n2cnnc2)cc1. The zero-order valence-electron chi connectivity index (χ0n) is 12.5. The number of aromatic nitrogens is 3. The topological polar surface area (TPSA) is 57.7 Å². The maximum absolute atomic E-state index is 8.99. The van der Waals surface area contributed by atoms with Crippen LogP contribution < -0.4 is 5.01 Å². The third-order valence-corrected chi connectivity index (χ3v) is 4.30. The Labute approximate surface area is 134 Å². The second kappa shape index (κ2) is 5.58. The zero-order chi connectivity index (χ0) is 15.6. The molecule has 0 radical (unpaired) electrons. The van der Waals surface area contributed by atoms with Crippen LogP contribution in [0.4, 0.5) is 5.69 Å². The molecule has 2 aromatic carbocycles. The van der Waals surface area contributed by atoms with Crippen LogP contribution in [0.1, 0.15) is 29.2 Å². The Morgan fingerprint density at radius 3 is 2.48 bits per heavy atom. The maximum atomic E-state index is 8.99. The van der Waals surface area contributed by atoms with Crippen LogP contribution >= 0.6 is 0 Å². The summed E-state index contributed by atoms with van der Waals surface area (Å²) in [7, 11) is 0. The summed E-state index contributed by atoms with van der Waals surface area (Å²) in [6, 6.07) is 18.6. The van der Waals surface area contributed by atoms with Crippen molar-refractivity contribution in [1.29, 1.82) is 5.26 Å². The van der Waals surface area contributed by atoms with E-state index >= 15 is 0 Å². The molecule has 1 atom stereocenters. The summed E-state index contributed by atoms with van der Waals surface area (Å²) in [6.45, 7) is 0. The monoisotopic (exact) mass is 301 g/mol. The molecule has 0 fully saturated rings. The lowest BCUT2D eigenvalue weighted by Crippen LogP contribution is -2.36. The molecule has 0 aliphatic carbocycles. The summed E-state index contributed by atoms with van der Waals surface area (Å²) >= 11 is 0. The molecular weight excluding hydrogens is 286 g/mol. The number of nitriles is 1. The Bertz CT molecular complexity index is 846. The van der Waals surface area contributed by atoms with Crippen LogP contribution in [0.25, 0.3) is 0 Å². The first-order valence-electron chi connectivity index (χ1n) is 7.59. The van der Waals surface area contributed by atoms with Gasteiger partial charge >= 0.3 is 0 Å². The van der Waals surface area contributed by atoms with Gasteiger partial charge in [0.2, 0.25) is 0 Å². The normalized spacial score (nSPS) is 16.7.